The molecule has 5 nitrogen and oxygen atoms in total. The molecule has 2 aromatic heterocycles. The number of carbonyl (C=O) groups excluding carboxylic acids is 1. The topological polar surface area (TPSA) is 71.7 Å². The molecule has 2 rings (SSSR count). The Morgan fingerprint density at radius 1 is 1.30 bits per heavy atom. The van der Waals surface area contributed by atoms with Gasteiger partial charge in [0.05, 0.1) is 23.2 Å². The van der Waals surface area contributed by atoms with E-state index < -0.39 is 11.9 Å². The van der Waals surface area contributed by atoms with Gasteiger partial charge in [0.1, 0.15) is 0 Å². The molecule has 0 radical (unpaired) electrons. The molecule has 2 aromatic rings. The van der Waals surface area contributed by atoms with Crippen molar-refractivity contribution in [2.75, 3.05) is 0 Å². The number of fused-ring (bicyclic) bond motifs is 1. The molecule has 0 aliphatic carbocycles. The smallest absolute Gasteiger partial charge is 0.304 e. The number of aromatic nitrogens is 2. The monoisotopic (exact) mass is 274 g/mol. The van der Waals surface area contributed by atoms with E-state index in [1.807, 2.05) is 32.0 Å². The number of nitrogens with zero attached hydrogens (tertiary/aromatic N) is 2. The van der Waals surface area contributed by atoms with Gasteiger partial charge in [0.2, 0.25) is 0 Å². The Morgan fingerprint density at radius 2 is 2.00 bits per heavy atom. The molecule has 0 aliphatic heterocycles. The molecule has 0 fully saturated rings. The van der Waals surface area contributed by atoms with Crippen LogP contribution in [0.3, 0.4) is 0 Å². The van der Waals surface area contributed by atoms with E-state index in [2.05, 4.69) is 5.10 Å². The lowest BCUT2D eigenvalue weighted by Crippen LogP contribution is -2.17. The van der Waals surface area contributed by atoms with Gasteiger partial charge in [0, 0.05) is 12.1 Å². The number of ketones is 1. The van der Waals surface area contributed by atoms with Crippen LogP contribution < -0.4 is 0 Å². The Balaban J connectivity index is 2.53. The van der Waals surface area contributed by atoms with E-state index in [-0.39, 0.29) is 18.1 Å². The predicted octanol–water partition coefficient (Wildman–Crippen LogP) is 2.75. The van der Waals surface area contributed by atoms with Crippen molar-refractivity contribution in [3.63, 3.8) is 0 Å². The van der Waals surface area contributed by atoms with Crippen LogP contribution in [0.25, 0.3) is 5.52 Å². The molecule has 0 spiro atoms. The maximum Gasteiger partial charge on any atom is 0.304 e. The number of carboxylic acids is 1. The minimum Gasteiger partial charge on any atom is -0.481 e. The zero-order valence-corrected chi connectivity index (χ0v) is 11.8. The summed E-state index contributed by atoms with van der Waals surface area (Å²) < 4.78 is 1.68. The van der Waals surface area contributed by atoms with Crippen molar-refractivity contribution < 1.29 is 14.7 Å². The van der Waals surface area contributed by atoms with E-state index in [4.69, 9.17) is 5.11 Å². The molecule has 106 valence electrons. The Hall–Kier alpha value is -2.17. The number of carboxylic acid groups (broad SMARTS) is 1. The van der Waals surface area contributed by atoms with E-state index in [0.29, 0.717) is 5.56 Å². The lowest BCUT2D eigenvalue weighted by Gasteiger charge is -2.09. The summed E-state index contributed by atoms with van der Waals surface area (Å²) in [6.07, 6.45) is 1.63. The van der Waals surface area contributed by atoms with E-state index >= 15 is 0 Å². The molecule has 2 heterocycles. The number of rotatable bonds is 5. The number of pyridine rings is 1. The van der Waals surface area contributed by atoms with E-state index in [9.17, 15) is 9.59 Å². The van der Waals surface area contributed by atoms with Crippen molar-refractivity contribution in [3.05, 3.63) is 35.7 Å². The van der Waals surface area contributed by atoms with Gasteiger partial charge in [0.15, 0.2) is 5.78 Å². The van der Waals surface area contributed by atoms with Gasteiger partial charge in [-0.05, 0) is 18.1 Å². The first kappa shape index (κ1) is 14.2. The average molecular weight is 274 g/mol. The van der Waals surface area contributed by atoms with Crippen LogP contribution in [0.2, 0.25) is 0 Å². The molecule has 5 heteroatoms. The van der Waals surface area contributed by atoms with Crippen molar-refractivity contribution in [2.24, 2.45) is 5.92 Å². The van der Waals surface area contributed by atoms with Crippen molar-refractivity contribution >= 4 is 17.3 Å². The molecule has 0 unspecified atom stereocenters. The van der Waals surface area contributed by atoms with Crippen LogP contribution in [0, 0.1) is 5.92 Å². The van der Waals surface area contributed by atoms with Crippen LogP contribution >= 0.6 is 0 Å². The third kappa shape index (κ3) is 2.57. The summed E-state index contributed by atoms with van der Waals surface area (Å²) in [4.78, 5) is 23.4. The largest absolute Gasteiger partial charge is 0.481 e. The molecule has 1 atom stereocenters. The Kier molecular flexibility index (Phi) is 3.88. The number of hydrogen-bond acceptors (Lipinski definition) is 3. The van der Waals surface area contributed by atoms with Crippen LogP contribution in [-0.4, -0.2) is 26.5 Å². The van der Waals surface area contributed by atoms with Crippen molar-refractivity contribution in [3.8, 4) is 0 Å². The normalized spacial score (nSPS) is 12.8. The second-order valence-electron chi connectivity index (χ2n) is 5.31. The minimum atomic E-state index is -0.964. The number of aliphatic carboxylic acids is 1. The van der Waals surface area contributed by atoms with Crippen LogP contribution in [0.15, 0.2) is 24.4 Å². The first-order chi connectivity index (χ1) is 9.41. The molecule has 0 saturated carbocycles. The molecule has 1 N–H and O–H groups in total. The fraction of sp³-hybridized carbons (Fsp3) is 0.400. The number of hydrogen-bond donors (Lipinski definition) is 1. The van der Waals surface area contributed by atoms with Crippen molar-refractivity contribution in [1.82, 2.24) is 9.61 Å². The molecule has 0 aliphatic rings. The summed E-state index contributed by atoms with van der Waals surface area (Å²) in [7, 11) is 0. The summed E-state index contributed by atoms with van der Waals surface area (Å²) in [6.45, 7) is 5.59. The van der Waals surface area contributed by atoms with Gasteiger partial charge in [0.25, 0.3) is 0 Å². The molecular weight excluding hydrogens is 256 g/mol. The highest BCUT2D eigenvalue weighted by molar-refractivity contribution is 6.05. The summed E-state index contributed by atoms with van der Waals surface area (Å²) >= 11 is 0. The first-order valence-electron chi connectivity index (χ1n) is 6.65. The van der Waals surface area contributed by atoms with Crippen LogP contribution in [0.5, 0.6) is 0 Å². The highest BCUT2D eigenvalue weighted by Gasteiger charge is 2.26. The number of Topliss-reactive ketones (excluding diaryl/α,β-unsaturated/α-hetero) is 1. The van der Waals surface area contributed by atoms with E-state index in [1.54, 1.807) is 17.6 Å². The lowest BCUT2D eigenvalue weighted by atomic mass is 9.92. The van der Waals surface area contributed by atoms with E-state index in [0.717, 1.165) is 11.2 Å². The fourth-order valence-corrected chi connectivity index (χ4v) is 2.27. The summed E-state index contributed by atoms with van der Waals surface area (Å²) in [5.74, 6) is -1.57. The summed E-state index contributed by atoms with van der Waals surface area (Å²) in [6, 6.07) is 5.53. The summed E-state index contributed by atoms with van der Waals surface area (Å²) in [5, 5.41) is 13.3. The molecule has 0 amide bonds. The van der Waals surface area contributed by atoms with Crippen LogP contribution in [0.4, 0.5) is 0 Å². The van der Waals surface area contributed by atoms with Gasteiger partial charge in [-0.25, -0.2) is 4.52 Å². The maximum atomic E-state index is 12.6. The van der Waals surface area contributed by atoms with Crippen molar-refractivity contribution in [2.45, 2.75) is 33.1 Å². The third-order valence-electron chi connectivity index (χ3n) is 3.29. The highest BCUT2D eigenvalue weighted by atomic mass is 16.4. The van der Waals surface area contributed by atoms with Gasteiger partial charge in [-0.3, -0.25) is 9.59 Å². The Morgan fingerprint density at radius 3 is 2.60 bits per heavy atom. The Labute approximate surface area is 117 Å². The van der Waals surface area contributed by atoms with Crippen LogP contribution in [-0.2, 0) is 4.79 Å². The average Bonchev–Trinajstić information content (AvgIpc) is 2.76. The van der Waals surface area contributed by atoms with Gasteiger partial charge in [-0.2, -0.15) is 5.10 Å². The first-order valence-corrected chi connectivity index (χ1v) is 6.65. The quantitative estimate of drug-likeness (QED) is 0.851. The standard InChI is InChI=1S/C15H18N2O3/c1-9(2)14-13(15(20)10(3)8-12(18)19)11-6-4-5-7-17(11)16-14/h4-7,9-10H,8H2,1-3H3,(H,18,19)/t10-/m0/s1. The lowest BCUT2D eigenvalue weighted by molar-refractivity contribution is -0.137. The second-order valence-corrected chi connectivity index (χ2v) is 5.31. The zero-order chi connectivity index (χ0) is 14.9. The maximum absolute atomic E-state index is 12.6. The van der Waals surface area contributed by atoms with Gasteiger partial charge in [-0.15, -0.1) is 0 Å². The van der Waals surface area contributed by atoms with Gasteiger partial charge in [-0.1, -0.05) is 26.8 Å². The fourth-order valence-electron chi connectivity index (χ4n) is 2.27. The molecule has 20 heavy (non-hydrogen) atoms. The second kappa shape index (κ2) is 5.45. The van der Waals surface area contributed by atoms with E-state index in [1.165, 1.54) is 0 Å². The van der Waals surface area contributed by atoms with Gasteiger partial charge < -0.3 is 5.11 Å². The third-order valence-corrected chi connectivity index (χ3v) is 3.29. The van der Waals surface area contributed by atoms with Crippen molar-refractivity contribution in [1.29, 1.82) is 0 Å². The highest BCUT2D eigenvalue weighted by Crippen LogP contribution is 2.26. The van der Waals surface area contributed by atoms with Gasteiger partial charge >= 0.3 is 5.97 Å². The molecule has 0 aromatic carbocycles. The minimum absolute atomic E-state index is 0.103. The SMILES string of the molecule is CC(C)c1nn2ccccc2c1C(=O)[C@@H](C)CC(=O)O. The summed E-state index contributed by atoms with van der Waals surface area (Å²) in [5.41, 5.74) is 2.01. The molecule has 0 bridgehead atoms. The molecule has 0 saturated heterocycles. The zero-order valence-electron chi connectivity index (χ0n) is 11.8. The predicted molar refractivity (Wildman–Crippen MR) is 75.0 cm³/mol. The Bertz CT molecular complexity index is 658. The number of carbonyl (C=O) groups is 2. The van der Waals surface area contributed by atoms with Crippen LogP contribution in [0.1, 0.15) is 49.2 Å². The molecular formula is C15H18N2O3.